The number of aromatic amines is 1. The number of hydrogen-bond acceptors (Lipinski definition) is 3. The second-order valence-electron chi connectivity index (χ2n) is 7.30. The molecule has 0 saturated heterocycles. The van der Waals surface area contributed by atoms with Gasteiger partial charge in [-0.1, -0.05) is 42.5 Å². The molecular weight excluding hydrogens is 398 g/mol. The van der Waals surface area contributed by atoms with Crippen molar-refractivity contribution in [3.63, 3.8) is 0 Å². The van der Waals surface area contributed by atoms with E-state index in [4.69, 9.17) is 15.9 Å². The van der Waals surface area contributed by atoms with Crippen LogP contribution < -0.4 is 11.5 Å². The molecule has 1 amide bonds. The molecule has 0 aliphatic heterocycles. The molecule has 0 radical (unpaired) electrons. The zero-order valence-corrected chi connectivity index (χ0v) is 17.1. The second-order valence-corrected chi connectivity index (χ2v) is 7.30. The Morgan fingerprint density at radius 3 is 2.57 bits per heavy atom. The summed E-state index contributed by atoms with van der Waals surface area (Å²) in [5.41, 5.74) is 18.0. The second kappa shape index (κ2) is 7.86. The molecule has 5 nitrogen and oxygen atoms in total. The third kappa shape index (κ3) is 3.22. The molecule has 5 aromatic rings. The van der Waals surface area contributed by atoms with E-state index in [1.54, 1.807) is 0 Å². The Kier molecular flexibility index (Phi) is 5.24. The molecule has 0 unspecified atom stereocenters. The molecule has 0 aliphatic rings. The minimum atomic E-state index is -0.359. The lowest BCUT2D eigenvalue weighted by molar-refractivity contribution is -0.117. The molecule has 0 saturated carbocycles. The molecule has 0 bridgehead atoms. The lowest BCUT2D eigenvalue weighted by atomic mass is 9.98. The number of furan rings is 1. The summed E-state index contributed by atoms with van der Waals surface area (Å²) in [6, 6.07) is 20.5. The zero-order valence-electron chi connectivity index (χ0n) is 16.3. The molecule has 6 heteroatoms. The van der Waals surface area contributed by atoms with E-state index in [2.05, 4.69) is 41.4 Å². The van der Waals surface area contributed by atoms with Crippen LogP contribution in [-0.4, -0.2) is 17.4 Å². The highest BCUT2D eigenvalue weighted by Crippen LogP contribution is 2.37. The van der Waals surface area contributed by atoms with Gasteiger partial charge in [0.1, 0.15) is 11.2 Å². The topological polar surface area (TPSA) is 98.0 Å². The van der Waals surface area contributed by atoms with Crippen LogP contribution in [0.5, 0.6) is 0 Å². The summed E-state index contributed by atoms with van der Waals surface area (Å²) in [6.07, 6.45) is 0.861. The summed E-state index contributed by atoms with van der Waals surface area (Å²) >= 11 is 0. The van der Waals surface area contributed by atoms with Gasteiger partial charge in [-0.3, -0.25) is 4.79 Å². The molecule has 2 aromatic heterocycles. The van der Waals surface area contributed by atoms with E-state index in [-0.39, 0.29) is 24.7 Å². The number of halogens is 1. The average molecular weight is 420 g/mol. The highest BCUT2D eigenvalue weighted by molar-refractivity contribution is 6.10. The van der Waals surface area contributed by atoms with E-state index in [0.29, 0.717) is 13.0 Å². The van der Waals surface area contributed by atoms with E-state index >= 15 is 0 Å². The summed E-state index contributed by atoms with van der Waals surface area (Å²) < 4.78 is 6.20. The van der Waals surface area contributed by atoms with Crippen molar-refractivity contribution in [1.82, 2.24) is 4.98 Å². The molecule has 30 heavy (non-hydrogen) atoms. The van der Waals surface area contributed by atoms with Crippen LogP contribution >= 0.6 is 12.4 Å². The number of H-pyrrole nitrogens is 1. The van der Waals surface area contributed by atoms with Crippen LogP contribution in [0.2, 0.25) is 0 Å². The maximum absolute atomic E-state index is 11.5. The van der Waals surface area contributed by atoms with Crippen molar-refractivity contribution in [2.75, 3.05) is 6.54 Å². The number of rotatable bonds is 5. The number of amides is 1. The van der Waals surface area contributed by atoms with Gasteiger partial charge in [-0.05, 0) is 42.3 Å². The number of para-hydroxylation sites is 2. The van der Waals surface area contributed by atoms with Crippen LogP contribution in [-0.2, 0) is 17.6 Å². The van der Waals surface area contributed by atoms with Gasteiger partial charge in [-0.2, -0.15) is 0 Å². The van der Waals surface area contributed by atoms with E-state index in [1.165, 1.54) is 0 Å². The summed E-state index contributed by atoms with van der Waals surface area (Å²) in [5, 5.41) is 3.28. The first-order chi connectivity index (χ1) is 14.2. The monoisotopic (exact) mass is 419 g/mol. The molecule has 2 heterocycles. The largest absolute Gasteiger partial charge is 0.455 e. The predicted molar refractivity (Wildman–Crippen MR) is 124 cm³/mol. The normalized spacial score (nSPS) is 11.2. The smallest absolute Gasteiger partial charge is 0.223 e. The van der Waals surface area contributed by atoms with Crippen molar-refractivity contribution in [3.8, 4) is 11.1 Å². The van der Waals surface area contributed by atoms with Crippen molar-refractivity contribution in [2.24, 2.45) is 11.5 Å². The number of hydrogen-bond donors (Lipinski definition) is 3. The van der Waals surface area contributed by atoms with Crippen molar-refractivity contribution in [1.29, 1.82) is 0 Å². The number of nitrogens with two attached hydrogens (primary N) is 2. The van der Waals surface area contributed by atoms with Crippen LogP contribution in [0, 0.1) is 0 Å². The number of benzene rings is 3. The molecule has 3 aromatic carbocycles. The molecule has 0 aliphatic carbocycles. The molecule has 0 fully saturated rings. The maximum Gasteiger partial charge on any atom is 0.223 e. The van der Waals surface area contributed by atoms with Crippen LogP contribution in [0.25, 0.3) is 44.0 Å². The number of nitrogens with one attached hydrogen (secondary N) is 1. The van der Waals surface area contributed by atoms with Gasteiger partial charge in [0.05, 0.1) is 6.42 Å². The first-order valence-corrected chi connectivity index (χ1v) is 9.68. The lowest BCUT2D eigenvalue weighted by Gasteiger charge is -2.05. The van der Waals surface area contributed by atoms with Gasteiger partial charge < -0.3 is 20.9 Å². The first-order valence-electron chi connectivity index (χ1n) is 9.68. The lowest BCUT2D eigenvalue weighted by Crippen LogP contribution is -2.15. The Hall–Kier alpha value is -3.28. The fourth-order valence-corrected chi connectivity index (χ4v) is 4.20. The van der Waals surface area contributed by atoms with E-state index < -0.39 is 0 Å². The molecule has 5 rings (SSSR count). The Balaban J connectivity index is 0.00000218. The quantitative estimate of drug-likeness (QED) is 0.385. The van der Waals surface area contributed by atoms with Crippen molar-refractivity contribution in [3.05, 3.63) is 71.9 Å². The number of fused-ring (bicyclic) bond motifs is 4. The summed E-state index contributed by atoms with van der Waals surface area (Å²) in [5.74, 6) is -0.359. The standard InChI is InChI=1S/C24H21N3O2.ClH/c25-11-10-16-19-12-14(8-9-20(19)27-21(16)13-23(26)28)15-5-3-6-18-17-4-1-2-7-22(17)29-24(15)18;/h1-9,12,27H,10-11,13,25H2,(H2,26,28);1H. The summed E-state index contributed by atoms with van der Waals surface area (Å²) in [6.45, 7) is 0.502. The van der Waals surface area contributed by atoms with Crippen molar-refractivity contribution >= 4 is 51.2 Å². The summed E-state index contributed by atoms with van der Waals surface area (Å²) in [7, 11) is 0. The van der Waals surface area contributed by atoms with Gasteiger partial charge in [0.25, 0.3) is 0 Å². The number of carbonyl (C=O) groups excluding carboxylic acids is 1. The van der Waals surface area contributed by atoms with Crippen LogP contribution in [0.3, 0.4) is 0 Å². The Morgan fingerprint density at radius 1 is 0.967 bits per heavy atom. The summed E-state index contributed by atoms with van der Waals surface area (Å²) in [4.78, 5) is 14.8. The minimum Gasteiger partial charge on any atom is -0.455 e. The number of primary amides is 1. The molecule has 5 N–H and O–H groups in total. The molecular formula is C24H22ClN3O2. The van der Waals surface area contributed by atoms with E-state index in [1.807, 2.05) is 24.3 Å². The number of carbonyl (C=O) groups is 1. The first kappa shape index (κ1) is 20.0. The van der Waals surface area contributed by atoms with Gasteiger partial charge in [0.2, 0.25) is 5.91 Å². The highest BCUT2D eigenvalue weighted by Gasteiger charge is 2.16. The average Bonchev–Trinajstić information content (AvgIpc) is 3.26. The van der Waals surface area contributed by atoms with E-state index in [9.17, 15) is 4.79 Å². The number of aromatic nitrogens is 1. The Labute approximate surface area is 179 Å². The van der Waals surface area contributed by atoms with Crippen molar-refractivity contribution in [2.45, 2.75) is 12.8 Å². The fourth-order valence-electron chi connectivity index (χ4n) is 4.20. The molecule has 0 spiro atoms. The third-order valence-corrected chi connectivity index (χ3v) is 5.46. The minimum absolute atomic E-state index is 0. The van der Waals surface area contributed by atoms with Gasteiger partial charge in [0, 0.05) is 32.9 Å². The molecule has 152 valence electrons. The Bertz CT molecular complexity index is 1380. The van der Waals surface area contributed by atoms with E-state index in [0.717, 1.165) is 55.2 Å². The van der Waals surface area contributed by atoms with Gasteiger partial charge >= 0.3 is 0 Å². The Morgan fingerprint density at radius 2 is 1.77 bits per heavy atom. The van der Waals surface area contributed by atoms with Crippen molar-refractivity contribution < 1.29 is 9.21 Å². The maximum atomic E-state index is 11.5. The predicted octanol–water partition coefficient (Wildman–Crippen LogP) is 4.69. The van der Waals surface area contributed by atoms with Crippen LogP contribution in [0.4, 0.5) is 0 Å². The van der Waals surface area contributed by atoms with Gasteiger partial charge in [-0.25, -0.2) is 0 Å². The van der Waals surface area contributed by atoms with Gasteiger partial charge in [-0.15, -0.1) is 12.4 Å². The SMILES string of the molecule is Cl.NCCc1c(CC(N)=O)[nH]c2ccc(-c3cccc4c3oc3ccccc34)cc12. The van der Waals surface area contributed by atoms with Crippen LogP contribution in [0.1, 0.15) is 11.3 Å². The zero-order chi connectivity index (χ0) is 20.0. The highest BCUT2D eigenvalue weighted by atomic mass is 35.5. The van der Waals surface area contributed by atoms with Gasteiger partial charge in [0.15, 0.2) is 0 Å². The fraction of sp³-hybridized carbons (Fsp3) is 0.125. The molecule has 0 atom stereocenters. The van der Waals surface area contributed by atoms with Crippen LogP contribution in [0.15, 0.2) is 65.1 Å². The third-order valence-electron chi connectivity index (χ3n) is 5.46.